The van der Waals surface area contributed by atoms with Gasteiger partial charge in [-0.1, -0.05) is 0 Å². The maximum atomic E-state index is 11.3. The Morgan fingerprint density at radius 1 is 0.931 bits per heavy atom. The van der Waals surface area contributed by atoms with E-state index < -0.39 is 23.9 Å². The van der Waals surface area contributed by atoms with Crippen molar-refractivity contribution >= 4 is 0 Å². The largest absolute Gasteiger partial charge is 0.504 e. The van der Waals surface area contributed by atoms with Crippen LogP contribution in [0.3, 0.4) is 0 Å². The molecule has 0 saturated carbocycles. The van der Waals surface area contributed by atoms with E-state index in [1.54, 1.807) is 30.3 Å². The van der Waals surface area contributed by atoms with E-state index in [4.69, 9.17) is 33.2 Å². The topological polar surface area (TPSA) is 105 Å². The van der Waals surface area contributed by atoms with Crippen molar-refractivity contribution in [2.45, 2.75) is 18.0 Å². The van der Waals surface area contributed by atoms with E-state index in [1.165, 1.54) is 0 Å². The summed E-state index contributed by atoms with van der Waals surface area (Å²) in [4.78, 5) is 0. The summed E-state index contributed by atoms with van der Waals surface area (Å²) in [6.45, 7) is 0.439. The van der Waals surface area contributed by atoms with Gasteiger partial charge >= 0.3 is 0 Å². The van der Waals surface area contributed by atoms with Crippen LogP contribution in [-0.4, -0.2) is 48.9 Å². The molecule has 0 radical (unpaired) electrons. The smallest absolute Gasteiger partial charge is 0.231 e. The van der Waals surface area contributed by atoms with Gasteiger partial charge in [-0.25, -0.2) is 0 Å². The third kappa shape index (κ3) is 2.44. The highest BCUT2D eigenvalue weighted by Crippen LogP contribution is 2.53. The summed E-state index contributed by atoms with van der Waals surface area (Å²) in [5, 5.41) is 21.9. The highest BCUT2D eigenvalue weighted by molar-refractivity contribution is 5.57. The van der Waals surface area contributed by atoms with E-state index in [2.05, 4.69) is 0 Å². The number of rotatable bonds is 3. The SMILES string of the molecule is Oc1c([C@H]2OC[C@]3(O)[C@@H](Oc4ccc5c(c4)OCO5)OC[C@H]23)ccc2c1OCO2. The zero-order valence-electron chi connectivity index (χ0n) is 15.2. The van der Waals surface area contributed by atoms with Crippen LogP contribution < -0.4 is 23.7 Å². The first-order valence-corrected chi connectivity index (χ1v) is 9.27. The van der Waals surface area contributed by atoms with E-state index in [9.17, 15) is 10.2 Å². The molecule has 9 heteroatoms. The standard InChI is InChI=1S/C20H18O9/c21-16-11(2-4-14-18(16)28-9-26-14)17-12-6-23-19(20(12,22)7-24-17)29-10-1-3-13-15(5-10)27-8-25-13/h1-5,12,17,19,21-22H,6-9H2/t12-,17-,19-,20-/m1/s1. The Kier molecular flexibility index (Phi) is 3.55. The van der Waals surface area contributed by atoms with Crippen LogP contribution in [0.1, 0.15) is 11.7 Å². The van der Waals surface area contributed by atoms with Gasteiger partial charge in [-0.2, -0.15) is 0 Å². The predicted molar refractivity (Wildman–Crippen MR) is 94.3 cm³/mol. The number of aliphatic hydroxyl groups is 1. The van der Waals surface area contributed by atoms with Crippen molar-refractivity contribution in [2.24, 2.45) is 5.92 Å². The molecule has 0 unspecified atom stereocenters. The first-order chi connectivity index (χ1) is 14.1. The summed E-state index contributed by atoms with van der Waals surface area (Å²) in [5.41, 5.74) is -0.855. The molecule has 0 aromatic heterocycles. The quantitative estimate of drug-likeness (QED) is 0.794. The first kappa shape index (κ1) is 17.0. The molecule has 29 heavy (non-hydrogen) atoms. The van der Waals surface area contributed by atoms with Gasteiger partial charge in [-0.3, -0.25) is 0 Å². The van der Waals surface area contributed by atoms with E-state index in [0.717, 1.165) is 0 Å². The van der Waals surface area contributed by atoms with Crippen LogP contribution in [0.5, 0.6) is 34.5 Å². The molecule has 0 bridgehead atoms. The van der Waals surface area contributed by atoms with Crippen molar-refractivity contribution in [1.82, 2.24) is 0 Å². The van der Waals surface area contributed by atoms with Gasteiger partial charge in [0.15, 0.2) is 28.6 Å². The fraction of sp³-hybridized carbons (Fsp3) is 0.400. The minimum Gasteiger partial charge on any atom is -0.504 e. The van der Waals surface area contributed by atoms with Gasteiger partial charge in [0.25, 0.3) is 0 Å². The lowest BCUT2D eigenvalue weighted by Crippen LogP contribution is -2.46. The minimum absolute atomic E-state index is 0.00539. The van der Waals surface area contributed by atoms with Crippen LogP contribution in [0.2, 0.25) is 0 Å². The van der Waals surface area contributed by atoms with Crippen molar-refractivity contribution in [2.75, 3.05) is 26.8 Å². The van der Waals surface area contributed by atoms with Gasteiger partial charge in [0.2, 0.25) is 25.6 Å². The molecule has 2 aromatic carbocycles. The third-order valence-electron chi connectivity index (χ3n) is 5.77. The lowest BCUT2D eigenvalue weighted by Gasteiger charge is -2.27. The molecule has 2 N–H and O–H groups in total. The van der Waals surface area contributed by atoms with Crippen LogP contribution in [0.4, 0.5) is 0 Å². The molecular formula is C20H18O9. The highest BCUT2D eigenvalue weighted by atomic mass is 16.7. The summed E-state index contributed by atoms with van der Waals surface area (Å²) in [7, 11) is 0. The number of hydrogen-bond acceptors (Lipinski definition) is 9. The lowest BCUT2D eigenvalue weighted by molar-refractivity contribution is -0.152. The molecule has 6 rings (SSSR count). The van der Waals surface area contributed by atoms with Crippen molar-refractivity contribution < 1.29 is 43.4 Å². The molecule has 2 saturated heterocycles. The van der Waals surface area contributed by atoms with Gasteiger partial charge in [0, 0.05) is 11.6 Å². The number of hydrogen-bond donors (Lipinski definition) is 2. The Bertz CT molecular complexity index is 977. The molecule has 4 heterocycles. The maximum Gasteiger partial charge on any atom is 0.231 e. The van der Waals surface area contributed by atoms with Gasteiger partial charge in [0.1, 0.15) is 5.75 Å². The zero-order chi connectivity index (χ0) is 19.6. The zero-order valence-corrected chi connectivity index (χ0v) is 15.2. The molecule has 152 valence electrons. The second kappa shape index (κ2) is 6.06. The molecular weight excluding hydrogens is 384 g/mol. The number of phenols is 1. The van der Waals surface area contributed by atoms with Crippen molar-refractivity contribution in [3.05, 3.63) is 35.9 Å². The second-order valence-electron chi connectivity index (χ2n) is 7.36. The third-order valence-corrected chi connectivity index (χ3v) is 5.77. The fourth-order valence-electron chi connectivity index (χ4n) is 4.24. The summed E-state index contributed by atoms with van der Waals surface area (Å²) >= 11 is 0. The van der Waals surface area contributed by atoms with Crippen LogP contribution in [-0.2, 0) is 9.47 Å². The number of benzene rings is 2. The number of phenolic OH excluding ortho intramolecular Hbond substituents is 1. The molecule has 2 fully saturated rings. The van der Waals surface area contributed by atoms with Gasteiger partial charge in [-0.15, -0.1) is 0 Å². The Morgan fingerprint density at radius 3 is 2.66 bits per heavy atom. The molecule has 0 spiro atoms. The summed E-state index contributed by atoms with van der Waals surface area (Å²) in [5.74, 6) is 2.00. The van der Waals surface area contributed by atoms with Crippen LogP contribution in [0, 0.1) is 5.92 Å². The molecule has 4 atom stereocenters. The van der Waals surface area contributed by atoms with Gasteiger partial charge in [0.05, 0.1) is 25.2 Å². The Labute approximate surface area is 165 Å². The number of aromatic hydroxyl groups is 1. The predicted octanol–water partition coefficient (Wildman–Crippen LogP) is 1.70. The van der Waals surface area contributed by atoms with E-state index in [-0.39, 0.29) is 38.3 Å². The molecule has 2 aromatic rings. The van der Waals surface area contributed by atoms with Crippen LogP contribution >= 0.6 is 0 Å². The molecule has 4 aliphatic rings. The van der Waals surface area contributed by atoms with Crippen LogP contribution in [0.15, 0.2) is 30.3 Å². The fourth-order valence-corrected chi connectivity index (χ4v) is 4.24. The summed E-state index contributed by atoms with van der Waals surface area (Å²) in [6.07, 6.45) is -1.49. The molecule has 0 amide bonds. The van der Waals surface area contributed by atoms with E-state index in [0.29, 0.717) is 28.6 Å². The normalized spacial score (nSPS) is 31.1. The van der Waals surface area contributed by atoms with Gasteiger partial charge in [-0.05, 0) is 24.3 Å². The Balaban J connectivity index is 1.25. The summed E-state index contributed by atoms with van der Waals surface area (Å²) in [6, 6.07) is 8.59. The van der Waals surface area contributed by atoms with Crippen molar-refractivity contribution in [3.63, 3.8) is 0 Å². The monoisotopic (exact) mass is 402 g/mol. The average molecular weight is 402 g/mol. The Morgan fingerprint density at radius 2 is 1.72 bits per heavy atom. The lowest BCUT2D eigenvalue weighted by atomic mass is 9.85. The van der Waals surface area contributed by atoms with E-state index >= 15 is 0 Å². The van der Waals surface area contributed by atoms with Gasteiger partial charge < -0.3 is 43.4 Å². The number of ether oxygens (including phenoxy) is 7. The molecule has 4 aliphatic heterocycles. The first-order valence-electron chi connectivity index (χ1n) is 9.27. The summed E-state index contributed by atoms with van der Waals surface area (Å²) < 4.78 is 38.8. The van der Waals surface area contributed by atoms with Crippen LogP contribution in [0.25, 0.3) is 0 Å². The maximum absolute atomic E-state index is 11.3. The second-order valence-corrected chi connectivity index (χ2v) is 7.36. The van der Waals surface area contributed by atoms with Crippen molar-refractivity contribution in [3.8, 4) is 34.5 Å². The van der Waals surface area contributed by atoms with E-state index in [1.807, 2.05) is 0 Å². The minimum atomic E-state index is -1.37. The van der Waals surface area contributed by atoms with Crippen molar-refractivity contribution in [1.29, 1.82) is 0 Å². The average Bonchev–Trinajstić information content (AvgIpc) is 3.48. The molecule has 9 nitrogen and oxygen atoms in total. The highest BCUT2D eigenvalue weighted by Gasteiger charge is 2.61. The molecule has 0 aliphatic carbocycles. The number of fused-ring (bicyclic) bond motifs is 3. The Hall–Kier alpha value is -2.88.